The van der Waals surface area contributed by atoms with E-state index in [2.05, 4.69) is 21.0 Å². The molecule has 2 aromatic rings. The van der Waals surface area contributed by atoms with Crippen LogP contribution < -0.4 is 11.4 Å². The zero-order valence-corrected chi connectivity index (χ0v) is 10.5. The second-order valence-electron chi connectivity index (χ2n) is 3.72. The van der Waals surface area contributed by atoms with Crippen LogP contribution >= 0.6 is 23.1 Å². The number of rotatable bonds is 1. The summed E-state index contributed by atoms with van der Waals surface area (Å²) in [6.45, 7) is 0. The lowest BCUT2D eigenvalue weighted by Gasteiger charge is -2.08. The van der Waals surface area contributed by atoms with Gasteiger partial charge < -0.3 is 5.73 Å². The Morgan fingerprint density at radius 2 is 2.29 bits per heavy atom. The third kappa shape index (κ3) is 2.07. The second-order valence-corrected chi connectivity index (χ2v) is 5.96. The number of thiophene rings is 1. The van der Waals surface area contributed by atoms with Crippen molar-refractivity contribution in [3.8, 4) is 10.7 Å². The summed E-state index contributed by atoms with van der Waals surface area (Å²) in [5.41, 5.74) is 6.37. The Kier molecular flexibility index (Phi) is 2.64. The van der Waals surface area contributed by atoms with Gasteiger partial charge in [0.05, 0.1) is 4.88 Å². The van der Waals surface area contributed by atoms with Gasteiger partial charge in [0.2, 0.25) is 5.95 Å². The second kappa shape index (κ2) is 4.15. The number of nitrogens with two attached hydrogens (primary N) is 1. The lowest BCUT2D eigenvalue weighted by Crippen LogP contribution is -2.15. The molecule has 0 amide bonds. The van der Waals surface area contributed by atoms with E-state index in [1.165, 1.54) is 10.4 Å². The maximum Gasteiger partial charge on any atom is 0.349 e. The Morgan fingerprint density at radius 1 is 1.41 bits per heavy atom. The van der Waals surface area contributed by atoms with E-state index in [-0.39, 0.29) is 5.95 Å². The fraction of sp³-hybridized carbons (Fsp3) is 0.300. The van der Waals surface area contributed by atoms with E-state index in [1.807, 2.05) is 11.8 Å². The van der Waals surface area contributed by atoms with E-state index in [4.69, 9.17) is 5.73 Å². The van der Waals surface area contributed by atoms with Gasteiger partial charge in [-0.05, 0) is 23.8 Å². The number of nitrogens with zero attached hydrogens (tertiary/aromatic N) is 2. The van der Waals surface area contributed by atoms with Gasteiger partial charge in [-0.2, -0.15) is 21.7 Å². The van der Waals surface area contributed by atoms with Gasteiger partial charge in [0.1, 0.15) is 0 Å². The van der Waals surface area contributed by atoms with E-state index in [1.54, 1.807) is 11.3 Å². The molecule has 0 aromatic carbocycles. The summed E-state index contributed by atoms with van der Waals surface area (Å²) >= 11 is 3.61. The monoisotopic (exact) mass is 266 g/mol. The highest BCUT2D eigenvalue weighted by Crippen LogP contribution is 2.35. The number of hydrogen-bond acceptors (Lipinski definition) is 6. The minimum atomic E-state index is -0.451. The summed E-state index contributed by atoms with van der Waals surface area (Å²) < 4.78 is 0. The van der Waals surface area contributed by atoms with Gasteiger partial charge in [0.15, 0.2) is 5.82 Å². The number of H-pyrrole nitrogens is 1. The number of anilines is 1. The highest BCUT2D eigenvalue weighted by Gasteiger charge is 2.15. The molecule has 0 aliphatic carbocycles. The molecule has 0 atom stereocenters. The van der Waals surface area contributed by atoms with Gasteiger partial charge >= 0.3 is 5.69 Å². The molecular formula is C10H10N4OS2. The quantitative estimate of drug-likeness (QED) is 0.812. The summed E-state index contributed by atoms with van der Waals surface area (Å²) in [6, 6.07) is 2.09. The molecular weight excluding hydrogens is 256 g/mol. The molecule has 3 heterocycles. The molecule has 2 aromatic heterocycles. The van der Waals surface area contributed by atoms with Crippen molar-refractivity contribution in [2.24, 2.45) is 0 Å². The van der Waals surface area contributed by atoms with Crippen molar-refractivity contribution in [1.82, 2.24) is 15.0 Å². The third-order valence-electron chi connectivity index (χ3n) is 2.53. The Balaban J connectivity index is 2.08. The SMILES string of the molecule is Nc1nc(-c2cc3c(s2)CCSC3)[nH]c(=O)n1. The smallest absolute Gasteiger partial charge is 0.349 e. The molecule has 0 bridgehead atoms. The van der Waals surface area contributed by atoms with Crippen molar-refractivity contribution in [1.29, 1.82) is 0 Å². The molecule has 88 valence electrons. The van der Waals surface area contributed by atoms with Crippen molar-refractivity contribution < 1.29 is 0 Å². The minimum absolute atomic E-state index is 0.0181. The topological polar surface area (TPSA) is 84.7 Å². The first-order valence-corrected chi connectivity index (χ1v) is 7.13. The summed E-state index contributed by atoms with van der Waals surface area (Å²) in [7, 11) is 0. The van der Waals surface area contributed by atoms with E-state index in [0.29, 0.717) is 5.82 Å². The van der Waals surface area contributed by atoms with E-state index < -0.39 is 5.69 Å². The first-order chi connectivity index (χ1) is 8.22. The van der Waals surface area contributed by atoms with Crippen LogP contribution in [0.5, 0.6) is 0 Å². The Labute approximate surface area is 106 Å². The lowest BCUT2D eigenvalue weighted by molar-refractivity contribution is 1.01. The molecule has 0 unspecified atom stereocenters. The highest BCUT2D eigenvalue weighted by molar-refractivity contribution is 7.98. The summed E-state index contributed by atoms with van der Waals surface area (Å²) in [4.78, 5) is 23.8. The highest BCUT2D eigenvalue weighted by atomic mass is 32.2. The van der Waals surface area contributed by atoms with Crippen molar-refractivity contribution in [3.63, 3.8) is 0 Å². The molecule has 3 N–H and O–H groups in total. The van der Waals surface area contributed by atoms with Crippen LogP contribution in [-0.2, 0) is 12.2 Å². The van der Waals surface area contributed by atoms with Gasteiger partial charge in [0, 0.05) is 10.6 Å². The van der Waals surface area contributed by atoms with Gasteiger partial charge in [-0.25, -0.2) is 4.79 Å². The number of aromatic amines is 1. The Bertz CT molecular complexity index is 596. The average molecular weight is 266 g/mol. The van der Waals surface area contributed by atoms with E-state index >= 15 is 0 Å². The number of hydrogen-bond donors (Lipinski definition) is 2. The first-order valence-electron chi connectivity index (χ1n) is 5.16. The predicted molar refractivity (Wildman–Crippen MR) is 70.2 cm³/mol. The molecule has 1 aliphatic heterocycles. The summed E-state index contributed by atoms with van der Waals surface area (Å²) in [5.74, 6) is 2.74. The molecule has 1 aliphatic rings. The molecule has 7 heteroatoms. The first kappa shape index (κ1) is 10.8. The van der Waals surface area contributed by atoms with Crippen LogP contribution in [0.1, 0.15) is 10.4 Å². The standard InChI is InChI=1S/C10H10N4OS2/c11-9-12-8(13-10(15)14-9)7-3-5-4-16-2-1-6(5)17-7/h3H,1-2,4H2,(H3,11,12,13,14,15). The minimum Gasteiger partial charge on any atom is -0.368 e. The maximum atomic E-state index is 11.2. The van der Waals surface area contributed by atoms with E-state index in [0.717, 1.165) is 22.8 Å². The van der Waals surface area contributed by atoms with Gasteiger partial charge in [0.25, 0.3) is 0 Å². The number of aryl methyl sites for hydroxylation is 1. The molecule has 3 rings (SSSR count). The van der Waals surface area contributed by atoms with Crippen molar-refractivity contribution in [3.05, 3.63) is 27.0 Å². The summed E-state index contributed by atoms with van der Waals surface area (Å²) in [5, 5.41) is 0. The lowest BCUT2D eigenvalue weighted by atomic mass is 10.2. The van der Waals surface area contributed by atoms with Crippen molar-refractivity contribution >= 4 is 29.0 Å². The van der Waals surface area contributed by atoms with Gasteiger partial charge in [-0.15, -0.1) is 11.3 Å². The van der Waals surface area contributed by atoms with Crippen LogP contribution in [0.2, 0.25) is 0 Å². The number of thioether (sulfide) groups is 1. The summed E-state index contributed by atoms with van der Waals surface area (Å²) in [6.07, 6.45) is 1.09. The van der Waals surface area contributed by atoms with Crippen molar-refractivity contribution in [2.75, 3.05) is 11.5 Å². The number of nitrogen functional groups attached to an aromatic ring is 1. The van der Waals surface area contributed by atoms with Crippen LogP contribution in [0.3, 0.4) is 0 Å². The fourth-order valence-electron chi connectivity index (χ4n) is 1.78. The molecule has 0 fully saturated rings. The van der Waals surface area contributed by atoms with Crippen LogP contribution in [0, 0.1) is 0 Å². The maximum absolute atomic E-state index is 11.2. The van der Waals surface area contributed by atoms with Crippen molar-refractivity contribution in [2.45, 2.75) is 12.2 Å². The molecule has 0 saturated heterocycles. The van der Waals surface area contributed by atoms with Crippen LogP contribution in [0.25, 0.3) is 10.7 Å². The van der Waals surface area contributed by atoms with E-state index in [9.17, 15) is 4.79 Å². The number of nitrogens with one attached hydrogen (secondary N) is 1. The largest absolute Gasteiger partial charge is 0.368 e. The zero-order chi connectivity index (χ0) is 11.8. The average Bonchev–Trinajstić information content (AvgIpc) is 2.71. The normalized spacial score (nSPS) is 14.6. The van der Waals surface area contributed by atoms with Crippen LogP contribution in [0.4, 0.5) is 5.95 Å². The third-order valence-corrected chi connectivity index (χ3v) is 4.78. The van der Waals surface area contributed by atoms with Gasteiger partial charge in [-0.1, -0.05) is 0 Å². The van der Waals surface area contributed by atoms with Gasteiger partial charge in [-0.3, -0.25) is 4.98 Å². The zero-order valence-electron chi connectivity index (χ0n) is 8.90. The molecule has 0 spiro atoms. The van der Waals surface area contributed by atoms with Crippen LogP contribution in [-0.4, -0.2) is 20.7 Å². The number of fused-ring (bicyclic) bond motifs is 1. The molecule has 0 saturated carbocycles. The van der Waals surface area contributed by atoms with Crippen LogP contribution in [0.15, 0.2) is 10.9 Å². The Hall–Kier alpha value is -1.34. The number of aromatic nitrogens is 3. The predicted octanol–water partition coefficient (Wildman–Crippen LogP) is 1.26. The molecule has 5 nitrogen and oxygen atoms in total. The fourth-order valence-corrected chi connectivity index (χ4v) is 4.10. The Morgan fingerprint density at radius 3 is 3.06 bits per heavy atom. The molecule has 0 radical (unpaired) electrons. The molecule has 17 heavy (non-hydrogen) atoms.